The molecule has 0 aromatic heterocycles. The number of benzene rings is 1. The first-order valence-corrected chi connectivity index (χ1v) is 9.93. The number of aryl methyl sites for hydroxylation is 1. The molecule has 1 aromatic carbocycles. The summed E-state index contributed by atoms with van der Waals surface area (Å²) in [6.07, 6.45) is 18.8. The van der Waals surface area contributed by atoms with Crippen molar-refractivity contribution in [3.05, 3.63) is 29.8 Å². The van der Waals surface area contributed by atoms with E-state index in [9.17, 15) is 4.79 Å². The topological polar surface area (TPSA) is 26.3 Å². The van der Waals surface area contributed by atoms with Gasteiger partial charge in [0.15, 0.2) is 0 Å². The van der Waals surface area contributed by atoms with Crippen LogP contribution in [0.2, 0.25) is 0 Å². The quantitative estimate of drug-likeness (QED) is 0.255. The lowest BCUT2D eigenvalue weighted by Gasteiger charge is -2.05. The van der Waals surface area contributed by atoms with Crippen LogP contribution in [0.15, 0.2) is 24.3 Å². The molecular weight excluding hydrogens is 296 g/mol. The van der Waals surface area contributed by atoms with E-state index in [1.165, 1.54) is 82.6 Å². The molecule has 0 aliphatic carbocycles. The average molecular weight is 333 g/mol. The Balaban J connectivity index is 1.83. The zero-order chi connectivity index (χ0) is 17.3. The summed E-state index contributed by atoms with van der Waals surface area (Å²) in [7, 11) is 1.73. The molecule has 0 amide bonds. The van der Waals surface area contributed by atoms with Crippen molar-refractivity contribution in [2.24, 2.45) is 0 Å². The highest BCUT2D eigenvalue weighted by molar-refractivity contribution is 5.48. The Morgan fingerprint density at radius 2 is 1.33 bits per heavy atom. The molecule has 0 heterocycles. The highest BCUT2D eigenvalue weighted by Crippen LogP contribution is 2.16. The molecule has 2 heteroatoms. The maximum atomic E-state index is 10.2. The highest BCUT2D eigenvalue weighted by Gasteiger charge is 1.97. The summed E-state index contributed by atoms with van der Waals surface area (Å²) in [6.45, 7) is 0. The van der Waals surface area contributed by atoms with Crippen LogP contribution in [0.1, 0.15) is 89.0 Å². The standard InChI is InChI=1S/C22H36O2/c1-24-22-18-15-17-21(20-22)16-13-11-9-7-5-3-2-4-6-8-10-12-14-19-23/h15,17-20H,2-14,16H2,1H3. The second-order valence-electron chi connectivity index (χ2n) is 6.80. The van der Waals surface area contributed by atoms with Crippen LogP contribution in [-0.4, -0.2) is 13.4 Å². The SMILES string of the molecule is COc1cccc(CCCCCCCCCCCCCCC=O)c1. The molecule has 0 bridgehead atoms. The Morgan fingerprint density at radius 1 is 0.792 bits per heavy atom. The minimum atomic E-state index is 0.748. The van der Waals surface area contributed by atoms with Crippen molar-refractivity contribution in [3.8, 4) is 5.75 Å². The second kappa shape index (κ2) is 15.2. The summed E-state index contributed by atoms with van der Waals surface area (Å²) in [5, 5.41) is 0. The van der Waals surface area contributed by atoms with E-state index in [1.807, 2.05) is 6.07 Å². The van der Waals surface area contributed by atoms with Gasteiger partial charge < -0.3 is 9.53 Å². The molecule has 24 heavy (non-hydrogen) atoms. The summed E-state index contributed by atoms with van der Waals surface area (Å²) in [5.74, 6) is 0.969. The maximum Gasteiger partial charge on any atom is 0.119 e. The molecule has 0 N–H and O–H groups in total. The number of ether oxygens (including phenoxy) is 1. The van der Waals surface area contributed by atoms with Crippen molar-refractivity contribution in [2.75, 3.05) is 7.11 Å². The molecule has 0 atom stereocenters. The number of methoxy groups -OCH3 is 1. The van der Waals surface area contributed by atoms with Gasteiger partial charge in [0.1, 0.15) is 12.0 Å². The predicted octanol–water partition coefficient (Wildman–Crippen LogP) is 6.51. The largest absolute Gasteiger partial charge is 0.497 e. The molecule has 2 nitrogen and oxygen atoms in total. The highest BCUT2D eigenvalue weighted by atomic mass is 16.5. The first-order valence-electron chi connectivity index (χ1n) is 9.93. The fourth-order valence-electron chi connectivity index (χ4n) is 3.15. The number of hydrogen-bond donors (Lipinski definition) is 0. The predicted molar refractivity (Wildman–Crippen MR) is 103 cm³/mol. The summed E-state index contributed by atoms with van der Waals surface area (Å²) < 4.78 is 5.26. The Hall–Kier alpha value is -1.31. The lowest BCUT2D eigenvalue weighted by Crippen LogP contribution is -1.89. The molecule has 136 valence electrons. The second-order valence-corrected chi connectivity index (χ2v) is 6.80. The van der Waals surface area contributed by atoms with Crippen molar-refractivity contribution >= 4 is 6.29 Å². The van der Waals surface area contributed by atoms with Gasteiger partial charge in [-0.2, -0.15) is 0 Å². The Kier molecular flexibility index (Phi) is 13.2. The molecule has 0 unspecified atom stereocenters. The molecule has 1 aromatic rings. The lowest BCUT2D eigenvalue weighted by molar-refractivity contribution is -0.107. The summed E-state index contributed by atoms with van der Waals surface area (Å²) in [6, 6.07) is 8.44. The van der Waals surface area contributed by atoms with Gasteiger partial charge in [0, 0.05) is 6.42 Å². The van der Waals surface area contributed by atoms with E-state index in [1.54, 1.807) is 7.11 Å². The summed E-state index contributed by atoms with van der Waals surface area (Å²) in [4.78, 5) is 10.2. The number of aldehydes is 1. The maximum absolute atomic E-state index is 10.2. The van der Waals surface area contributed by atoms with Gasteiger partial charge in [-0.3, -0.25) is 0 Å². The third-order valence-corrected chi connectivity index (χ3v) is 4.67. The van der Waals surface area contributed by atoms with Crippen LogP contribution in [0.3, 0.4) is 0 Å². The third-order valence-electron chi connectivity index (χ3n) is 4.67. The van der Waals surface area contributed by atoms with Gasteiger partial charge in [0.25, 0.3) is 0 Å². The van der Waals surface area contributed by atoms with Gasteiger partial charge in [0.05, 0.1) is 7.11 Å². The van der Waals surface area contributed by atoms with E-state index < -0.39 is 0 Å². The molecule has 0 spiro atoms. The minimum Gasteiger partial charge on any atom is -0.497 e. The Bertz CT molecular complexity index is 414. The lowest BCUT2D eigenvalue weighted by atomic mass is 10.0. The van der Waals surface area contributed by atoms with Gasteiger partial charge >= 0.3 is 0 Å². The Labute approximate surface area is 149 Å². The van der Waals surface area contributed by atoms with E-state index in [4.69, 9.17) is 4.74 Å². The van der Waals surface area contributed by atoms with E-state index in [0.717, 1.165) is 24.9 Å². The number of carbonyl (C=O) groups excluding carboxylic acids is 1. The van der Waals surface area contributed by atoms with Crippen LogP contribution >= 0.6 is 0 Å². The zero-order valence-corrected chi connectivity index (χ0v) is 15.6. The molecule has 0 fully saturated rings. The molecule has 0 saturated carbocycles. The number of carbonyl (C=O) groups is 1. The monoisotopic (exact) mass is 332 g/mol. The molecule has 0 radical (unpaired) electrons. The average Bonchev–Trinajstić information content (AvgIpc) is 2.62. The summed E-state index contributed by atoms with van der Waals surface area (Å²) >= 11 is 0. The van der Waals surface area contributed by atoms with Crippen LogP contribution in [-0.2, 0) is 11.2 Å². The van der Waals surface area contributed by atoms with Gasteiger partial charge in [-0.15, -0.1) is 0 Å². The first kappa shape index (κ1) is 20.7. The van der Waals surface area contributed by atoms with Crippen molar-refractivity contribution in [1.82, 2.24) is 0 Å². The molecule has 0 saturated heterocycles. The van der Waals surface area contributed by atoms with Gasteiger partial charge in [-0.1, -0.05) is 76.3 Å². The van der Waals surface area contributed by atoms with Crippen LogP contribution in [0.5, 0.6) is 5.75 Å². The zero-order valence-electron chi connectivity index (χ0n) is 15.6. The van der Waals surface area contributed by atoms with Crippen LogP contribution in [0.4, 0.5) is 0 Å². The molecule has 0 aliphatic heterocycles. The number of rotatable bonds is 16. The molecule has 1 rings (SSSR count). The van der Waals surface area contributed by atoms with E-state index in [-0.39, 0.29) is 0 Å². The van der Waals surface area contributed by atoms with Gasteiger partial charge in [-0.05, 0) is 37.0 Å². The fraction of sp³-hybridized carbons (Fsp3) is 0.682. The van der Waals surface area contributed by atoms with Crippen molar-refractivity contribution in [2.45, 2.75) is 89.9 Å². The van der Waals surface area contributed by atoms with Gasteiger partial charge in [-0.25, -0.2) is 0 Å². The summed E-state index contributed by atoms with van der Waals surface area (Å²) in [5.41, 5.74) is 1.39. The van der Waals surface area contributed by atoms with Crippen LogP contribution in [0.25, 0.3) is 0 Å². The minimum absolute atomic E-state index is 0.748. The van der Waals surface area contributed by atoms with Crippen molar-refractivity contribution in [1.29, 1.82) is 0 Å². The normalized spacial score (nSPS) is 10.7. The first-order chi connectivity index (χ1) is 11.9. The number of unbranched alkanes of at least 4 members (excludes halogenated alkanes) is 12. The number of hydrogen-bond acceptors (Lipinski definition) is 2. The third kappa shape index (κ3) is 11.3. The fourth-order valence-corrected chi connectivity index (χ4v) is 3.15. The smallest absolute Gasteiger partial charge is 0.119 e. The van der Waals surface area contributed by atoms with Crippen LogP contribution < -0.4 is 4.74 Å². The van der Waals surface area contributed by atoms with E-state index >= 15 is 0 Å². The van der Waals surface area contributed by atoms with E-state index in [0.29, 0.717) is 0 Å². The molecular formula is C22H36O2. The Morgan fingerprint density at radius 3 is 1.88 bits per heavy atom. The van der Waals surface area contributed by atoms with Crippen LogP contribution in [0, 0.1) is 0 Å². The van der Waals surface area contributed by atoms with Crippen molar-refractivity contribution < 1.29 is 9.53 Å². The van der Waals surface area contributed by atoms with Gasteiger partial charge in [0.2, 0.25) is 0 Å². The van der Waals surface area contributed by atoms with Crippen molar-refractivity contribution in [3.63, 3.8) is 0 Å². The van der Waals surface area contributed by atoms with E-state index in [2.05, 4.69) is 18.2 Å². The molecule has 0 aliphatic rings.